The van der Waals surface area contributed by atoms with Gasteiger partial charge in [-0.15, -0.1) is 0 Å². The van der Waals surface area contributed by atoms with Gasteiger partial charge in [-0.05, 0) is 13.8 Å². The average molecular weight is 327 g/mol. The second-order valence-electron chi connectivity index (χ2n) is 4.79. The van der Waals surface area contributed by atoms with Gasteiger partial charge in [0.1, 0.15) is 17.9 Å². The summed E-state index contributed by atoms with van der Waals surface area (Å²) in [5.41, 5.74) is 0.818. The Labute approximate surface area is 131 Å². The summed E-state index contributed by atoms with van der Waals surface area (Å²) in [6, 6.07) is -0.681. The zero-order valence-electron chi connectivity index (χ0n) is 12.3. The highest BCUT2D eigenvalue weighted by atomic mass is 35.5. The quantitative estimate of drug-likeness (QED) is 0.659. The summed E-state index contributed by atoms with van der Waals surface area (Å²) in [4.78, 5) is 22.4. The van der Waals surface area contributed by atoms with Crippen LogP contribution in [0.5, 0.6) is 0 Å². The molecular weight excluding hydrogens is 312 g/mol. The number of amides is 1. The van der Waals surface area contributed by atoms with Crippen molar-refractivity contribution in [2.75, 3.05) is 0 Å². The second-order valence-corrected chi connectivity index (χ2v) is 5.20. The van der Waals surface area contributed by atoms with E-state index in [4.69, 9.17) is 11.6 Å². The van der Waals surface area contributed by atoms with E-state index in [0.717, 1.165) is 0 Å². The standard InChI is InChI=1S/C12H15ClN6O3/c1-7-11(19(21)22)6-18(16-7)8(2)12(20)14-5-10-9(13)4-15-17(10)3/h4,6,8H,5H2,1-3H3,(H,14,20). The summed E-state index contributed by atoms with van der Waals surface area (Å²) in [7, 11) is 1.72. The van der Waals surface area contributed by atoms with Gasteiger partial charge in [0.2, 0.25) is 5.91 Å². The van der Waals surface area contributed by atoms with E-state index >= 15 is 0 Å². The summed E-state index contributed by atoms with van der Waals surface area (Å²) in [6.45, 7) is 3.34. The number of nitro groups is 1. The van der Waals surface area contributed by atoms with Crippen molar-refractivity contribution in [1.29, 1.82) is 0 Å². The normalized spacial score (nSPS) is 12.2. The molecule has 2 rings (SSSR count). The van der Waals surface area contributed by atoms with Crippen molar-refractivity contribution < 1.29 is 9.72 Å². The van der Waals surface area contributed by atoms with Crippen molar-refractivity contribution in [2.45, 2.75) is 26.4 Å². The molecule has 1 amide bonds. The summed E-state index contributed by atoms with van der Waals surface area (Å²) >= 11 is 5.96. The van der Waals surface area contributed by atoms with Crippen LogP contribution in [-0.4, -0.2) is 30.4 Å². The Morgan fingerprint density at radius 3 is 2.77 bits per heavy atom. The largest absolute Gasteiger partial charge is 0.349 e. The van der Waals surface area contributed by atoms with Gasteiger partial charge in [-0.1, -0.05) is 11.6 Å². The maximum atomic E-state index is 12.1. The number of nitrogens with zero attached hydrogens (tertiary/aromatic N) is 5. The molecule has 2 aromatic rings. The van der Waals surface area contributed by atoms with Crippen LogP contribution in [0.3, 0.4) is 0 Å². The van der Waals surface area contributed by atoms with Crippen LogP contribution < -0.4 is 5.32 Å². The van der Waals surface area contributed by atoms with Crippen molar-refractivity contribution >= 4 is 23.2 Å². The first-order valence-electron chi connectivity index (χ1n) is 6.45. The van der Waals surface area contributed by atoms with E-state index in [1.165, 1.54) is 24.0 Å². The minimum atomic E-state index is -0.681. The molecular formula is C12H15ClN6O3. The third kappa shape index (κ3) is 3.08. The lowest BCUT2D eigenvalue weighted by Gasteiger charge is -2.12. The lowest BCUT2D eigenvalue weighted by Crippen LogP contribution is -2.31. The molecule has 0 aliphatic carbocycles. The highest BCUT2D eigenvalue weighted by Gasteiger charge is 2.22. The summed E-state index contributed by atoms with van der Waals surface area (Å²) < 4.78 is 2.84. The second kappa shape index (κ2) is 6.14. The maximum Gasteiger partial charge on any atom is 0.309 e. The Bertz CT molecular complexity index is 703. The number of hydrogen-bond acceptors (Lipinski definition) is 5. The van der Waals surface area contributed by atoms with Crippen molar-refractivity contribution in [1.82, 2.24) is 24.9 Å². The zero-order valence-corrected chi connectivity index (χ0v) is 13.0. The van der Waals surface area contributed by atoms with Gasteiger partial charge in [0.05, 0.1) is 28.4 Å². The number of hydrogen-bond donors (Lipinski definition) is 1. The highest BCUT2D eigenvalue weighted by molar-refractivity contribution is 6.31. The average Bonchev–Trinajstić information content (AvgIpc) is 2.99. The minimum Gasteiger partial charge on any atom is -0.349 e. The van der Waals surface area contributed by atoms with E-state index in [1.807, 2.05) is 0 Å². The lowest BCUT2D eigenvalue weighted by molar-refractivity contribution is -0.385. The van der Waals surface area contributed by atoms with Crippen LogP contribution >= 0.6 is 11.6 Å². The predicted octanol–water partition coefficient (Wildman–Crippen LogP) is 1.36. The highest BCUT2D eigenvalue weighted by Crippen LogP contribution is 2.19. The van der Waals surface area contributed by atoms with Crippen molar-refractivity contribution in [2.24, 2.45) is 7.05 Å². The number of halogens is 1. The maximum absolute atomic E-state index is 12.1. The van der Waals surface area contributed by atoms with Crippen molar-refractivity contribution in [3.05, 3.63) is 38.9 Å². The Kier molecular flexibility index (Phi) is 4.45. The van der Waals surface area contributed by atoms with Crippen molar-refractivity contribution in [3.63, 3.8) is 0 Å². The van der Waals surface area contributed by atoms with Gasteiger partial charge in [0.25, 0.3) is 0 Å². The molecule has 1 atom stereocenters. The summed E-state index contributed by atoms with van der Waals surface area (Å²) in [5, 5.41) is 22.0. The van der Waals surface area contributed by atoms with Crippen LogP contribution in [0.1, 0.15) is 24.4 Å². The third-order valence-corrected chi connectivity index (χ3v) is 3.62. The van der Waals surface area contributed by atoms with E-state index < -0.39 is 11.0 Å². The fourth-order valence-electron chi connectivity index (χ4n) is 1.92. The van der Waals surface area contributed by atoms with Crippen LogP contribution in [0, 0.1) is 17.0 Å². The van der Waals surface area contributed by atoms with Gasteiger partial charge in [0, 0.05) is 7.05 Å². The molecule has 118 valence electrons. The fraction of sp³-hybridized carbons (Fsp3) is 0.417. The molecule has 2 aromatic heterocycles. The van der Waals surface area contributed by atoms with Gasteiger partial charge in [-0.2, -0.15) is 10.2 Å². The fourth-order valence-corrected chi connectivity index (χ4v) is 2.16. The number of rotatable bonds is 5. The molecule has 9 nitrogen and oxygen atoms in total. The molecule has 0 aliphatic rings. The molecule has 1 N–H and O–H groups in total. The first-order valence-corrected chi connectivity index (χ1v) is 6.83. The van der Waals surface area contributed by atoms with Crippen LogP contribution in [0.25, 0.3) is 0 Å². The van der Waals surface area contributed by atoms with E-state index in [0.29, 0.717) is 10.7 Å². The molecule has 2 heterocycles. The SMILES string of the molecule is Cc1nn(C(C)C(=O)NCc2c(Cl)cnn2C)cc1[N+](=O)[O-]. The Balaban J connectivity index is 2.06. The first-order chi connectivity index (χ1) is 10.3. The topological polar surface area (TPSA) is 108 Å². The van der Waals surface area contributed by atoms with E-state index in [9.17, 15) is 14.9 Å². The number of aromatic nitrogens is 4. The molecule has 0 aliphatic heterocycles. The molecule has 22 heavy (non-hydrogen) atoms. The monoisotopic (exact) mass is 326 g/mol. The third-order valence-electron chi connectivity index (χ3n) is 3.30. The van der Waals surface area contributed by atoms with Gasteiger partial charge < -0.3 is 5.32 Å². The number of carbonyl (C=O) groups excluding carboxylic acids is 1. The minimum absolute atomic E-state index is 0.116. The van der Waals surface area contributed by atoms with Crippen molar-refractivity contribution in [3.8, 4) is 0 Å². The van der Waals surface area contributed by atoms with E-state index in [2.05, 4.69) is 15.5 Å². The Hall–Kier alpha value is -2.42. The smallest absolute Gasteiger partial charge is 0.309 e. The molecule has 0 aromatic carbocycles. The molecule has 0 fully saturated rings. The van der Waals surface area contributed by atoms with Crippen LogP contribution in [0.15, 0.2) is 12.4 Å². The van der Waals surface area contributed by atoms with Gasteiger partial charge >= 0.3 is 5.69 Å². The van der Waals surface area contributed by atoms with Gasteiger partial charge in [-0.3, -0.25) is 24.3 Å². The van der Waals surface area contributed by atoms with Gasteiger partial charge in [0.15, 0.2) is 0 Å². The van der Waals surface area contributed by atoms with Crippen LogP contribution in [0.4, 0.5) is 5.69 Å². The number of aryl methyl sites for hydroxylation is 2. The molecule has 0 saturated carbocycles. The van der Waals surface area contributed by atoms with Crippen LogP contribution in [-0.2, 0) is 18.4 Å². The molecule has 1 unspecified atom stereocenters. The van der Waals surface area contributed by atoms with E-state index in [-0.39, 0.29) is 23.8 Å². The predicted molar refractivity (Wildman–Crippen MR) is 78.4 cm³/mol. The Morgan fingerprint density at radius 1 is 1.59 bits per heavy atom. The molecule has 0 bridgehead atoms. The van der Waals surface area contributed by atoms with Gasteiger partial charge in [-0.25, -0.2) is 0 Å². The molecule has 0 spiro atoms. The summed E-state index contributed by atoms with van der Waals surface area (Å²) in [5.74, 6) is -0.324. The zero-order chi connectivity index (χ0) is 16.4. The number of nitrogens with one attached hydrogen (secondary N) is 1. The lowest BCUT2D eigenvalue weighted by atomic mass is 10.3. The molecule has 0 saturated heterocycles. The molecule has 0 radical (unpaired) electrons. The first kappa shape index (κ1) is 16.0. The van der Waals surface area contributed by atoms with Crippen LogP contribution in [0.2, 0.25) is 5.02 Å². The Morgan fingerprint density at radius 2 is 2.27 bits per heavy atom. The number of carbonyl (C=O) groups is 1. The summed E-state index contributed by atoms with van der Waals surface area (Å²) in [6.07, 6.45) is 2.74. The van der Waals surface area contributed by atoms with E-state index in [1.54, 1.807) is 18.7 Å². The molecule has 10 heteroatoms.